The molecule has 17 atom stereocenters. The molecular weight excluding hydrogens is 1290 g/mol. The van der Waals surface area contributed by atoms with Crippen LogP contribution in [-0.4, -0.2) is 179 Å². The topological polar surface area (TPSA) is 351 Å². The van der Waals surface area contributed by atoms with E-state index in [9.17, 15) is 70.0 Å². The Hall–Kier alpha value is -3.20. The average molecular weight is 1410 g/mol. The van der Waals surface area contributed by atoms with Gasteiger partial charge < -0.3 is 84.5 Å². The molecule has 0 aliphatic carbocycles. The smallest absolute Gasteiger partial charge is 0.394 e. The third kappa shape index (κ3) is 34.1. The summed E-state index contributed by atoms with van der Waals surface area (Å²) in [5.41, 5.74) is 14.7. The molecule has 24 heteroatoms. The minimum Gasteiger partial charge on any atom is -0.394 e. The molecule has 12 N–H and O–H groups in total. The lowest BCUT2D eigenvalue weighted by molar-refractivity contribution is -0.377. The van der Waals surface area contributed by atoms with Crippen molar-refractivity contribution >= 4 is 15.6 Å². The summed E-state index contributed by atoms with van der Waals surface area (Å²) in [6.07, 6.45) is 17.0. The monoisotopic (exact) mass is 1410 g/mol. The molecule has 0 bridgehead atoms. The summed E-state index contributed by atoms with van der Waals surface area (Å²) in [6, 6.07) is 0. The third-order valence-corrected chi connectivity index (χ3v) is 20.4. The molecule has 0 radical (unpaired) electrons. The van der Waals surface area contributed by atoms with Crippen molar-refractivity contribution in [2.75, 3.05) is 26.4 Å². The zero-order valence-corrected chi connectivity index (χ0v) is 61.6. The summed E-state index contributed by atoms with van der Waals surface area (Å²) in [5, 5.41) is 104. The molecule has 3 aliphatic heterocycles. The van der Waals surface area contributed by atoms with Gasteiger partial charge in [0.2, 0.25) is 0 Å². The standard InChI is InChI=1S/C73H122O22P2/c1-13-48(2)24-14-25-49(3)26-15-27-50(4)28-16-29-51(5)30-17-31-52(6)32-18-33-53(7)34-19-35-54(8)36-20-37-55(9)38-21-39-56(10)40-22-41-57(11)42-23-43-58(12)47-88-96(84,85)95-97(86,87)94-73-68(83)70(63(78)60(45-75)90-73)93-72-67(82)65(80)69(61(46-76)91-72)92-71-66(81)64(79)62(77)59(44-74)89-71/h13,25,27,29,31,33,35,37,39,41,43,59-83H,14-24,26,28,30,32,34,36,38,40,42,44-47H2,1-12H3,(H,84,85)(H,86,87)/b48-13-,49-25-,50-27-,51-29-,52-31-,53-33-,54-35-,55-37-,56-39+,57-41+,58-43+/t59-,60-,61-,62-,63+,64+,65-,66-,67-,68-,69-,70+,71+,72+,73-/m1/s1. The molecule has 3 fully saturated rings. The summed E-state index contributed by atoms with van der Waals surface area (Å²) in [7, 11) is -11.1. The van der Waals surface area contributed by atoms with Gasteiger partial charge in [-0.2, -0.15) is 4.31 Å². The van der Waals surface area contributed by atoms with Gasteiger partial charge >= 0.3 is 15.6 Å². The number of hydrogen-bond donors (Lipinski definition) is 12. The molecule has 556 valence electrons. The van der Waals surface area contributed by atoms with Crippen LogP contribution in [0.4, 0.5) is 0 Å². The number of phosphoric ester groups is 2. The number of aliphatic hydroxyl groups excluding tert-OH is 10. The van der Waals surface area contributed by atoms with E-state index < -0.39 is 134 Å². The zero-order chi connectivity index (χ0) is 72.4. The van der Waals surface area contributed by atoms with E-state index in [1.165, 1.54) is 50.2 Å². The van der Waals surface area contributed by atoms with Crippen LogP contribution in [0, 0.1) is 0 Å². The van der Waals surface area contributed by atoms with Crippen molar-refractivity contribution < 1.29 is 107 Å². The highest BCUT2D eigenvalue weighted by Gasteiger charge is 2.55. The fourth-order valence-corrected chi connectivity index (χ4v) is 13.4. The predicted octanol–water partition coefficient (Wildman–Crippen LogP) is 11.9. The average Bonchev–Trinajstić information content (AvgIpc) is 0.783. The van der Waals surface area contributed by atoms with Crippen LogP contribution in [-0.2, 0) is 46.2 Å². The van der Waals surface area contributed by atoms with Gasteiger partial charge in [-0.1, -0.05) is 128 Å². The number of phosphoric acid groups is 2. The maximum absolute atomic E-state index is 13.1. The first kappa shape index (κ1) is 88.0. The lowest BCUT2D eigenvalue weighted by Gasteiger charge is -2.48. The minimum absolute atomic E-state index is 0.492. The minimum atomic E-state index is -5.71. The summed E-state index contributed by atoms with van der Waals surface area (Å²) < 4.78 is 67.4. The predicted molar refractivity (Wildman–Crippen MR) is 376 cm³/mol. The Labute approximate surface area is 578 Å². The van der Waals surface area contributed by atoms with Gasteiger partial charge in [0.05, 0.1) is 26.4 Å². The summed E-state index contributed by atoms with van der Waals surface area (Å²) >= 11 is 0. The zero-order valence-electron chi connectivity index (χ0n) is 59.8. The van der Waals surface area contributed by atoms with E-state index in [0.717, 1.165) is 121 Å². The molecule has 0 aromatic heterocycles. The van der Waals surface area contributed by atoms with Crippen molar-refractivity contribution in [3.05, 3.63) is 128 Å². The third-order valence-electron chi connectivity index (χ3n) is 17.8. The largest absolute Gasteiger partial charge is 0.483 e. The molecule has 3 saturated heterocycles. The highest BCUT2D eigenvalue weighted by atomic mass is 31.3. The van der Waals surface area contributed by atoms with Crippen LogP contribution in [0.5, 0.6) is 0 Å². The summed E-state index contributed by atoms with van der Waals surface area (Å²) in [5.74, 6) is 0. The first-order valence-electron chi connectivity index (χ1n) is 34.6. The van der Waals surface area contributed by atoms with E-state index in [4.69, 9.17) is 32.7 Å². The molecule has 0 saturated carbocycles. The van der Waals surface area contributed by atoms with Crippen molar-refractivity contribution in [2.24, 2.45) is 0 Å². The summed E-state index contributed by atoms with van der Waals surface area (Å²) in [4.78, 5) is 20.9. The number of ether oxygens (including phenoxy) is 5. The van der Waals surface area contributed by atoms with Crippen molar-refractivity contribution in [1.82, 2.24) is 0 Å². The van der Waals surface area contributed by atoms with E-state index in [1.54, 1.807) is 13.0 Å². The molecule has 0 aromatic rings. The van der Waals surface area contributed by atoms with Gasteiger partial charge in [-0.15, -0.1) is 0 Å². The second-order valence-corrected chi connectivity index (χ2v) is 29.7. The Balaban J connectivity index is 1.32. The number of aliphatic hydroxyl groups is 10. The van der Waals surface area contributed by atoms with Crippen molar-refractivity contribution in [2.45, 2.75) is 304 Å². The van der Waals surface area contributed by atoms with Crippen molar-refractivity contribution in [3.8, 4) is 0 Å². The van der Waals surface area contributed by atoms with Gasteiger partial charge in [-0.05, 0) is 212 Å². The number of rotatable bonds is 44. The van der Waals surface area contributed by atoms with Gasteiger partial charge in [-0.3, -0.25) is 9.05 Å². The Bertz CT molecular complexity index is 2790. The van der Waals surface area contributed by atoms with Gasteiger partial charge in [0.25, 0.3) is 0 Å². The molecule has 0 amide bonds. The molecule has 3 heterocycles. The molecule has 0 aromatic carbocycles. The van der Waals surface area contributed by atoms with E-state index in [-0.39, 0.29) is 0 Å². The lowest BCUT2D eigenvalue weighted by Crippen LogP contribution is -2.66. The van der Waals surface area contributed by atoms with Crippen LogP contribution in [0.15, 0.2) is 128 Å². The van der Waals surface area contributed by atoms with Gasteiger partial charge in [-0.25, -0.2) is 9.13 Å². The van der Waals surface area contributed by atoms with Crippen LogP contribution in [0.1, 0.15) is 212 Å². The molecular formula is C73H122O22P2. The van der Waals surface area contributed by atoms with Gasteiger partial charge in [0.15, 0.2) is 18.9 Å². The van der Waals surface area contributed by atoms with E-state index in [1.807, 2.05) is 6.92 Å². The molecule has 97 heavy (non-hydrogen) atoms. The first-order chi connectivity index (χ1) is 45.8. The van der Waals surface area contributed by atoms with Crippen LogP contribution in [0.25, 0.3) is 0 Å². The Kier molecular flexibility index (Phi) is 42.1. The van der Waals surface area contributed by atoms with E-state index >= 15 is 0 Å². The molecule has 0 spiro atoms. The fourth-order valence-electron chi connectivity index (χ4n) is 11.2. The van der Waals surface area contributed by atoms with Crippen LogP contribution >= 0.6 is 15.6 Å². The fraction of sp³-hybridized carbons (Fsp3) is 0.699. The lowest BCUT2D eigenvalue weighted by atomic mass is 9.96. The molecule has 3 aliphatic rings. The second kappa shape index (κ2) is 46.4. The second-order valence-electron chi connectivity index (χ2n) is 26.7. The quantitative estimate of drug-likeness (QED) is 0.0199. The number of allylic oxidation sites excluding steroid dienone is 21. The van der Waals surface area contributed by atoms with Gasteiger partial charge in [0, 0.05) is 0 Å². The van der Waals surface area contributed by atoms with E-state index in [2.05, 4.69) is 134 Å². The van der Waals surface area contributed by atoms with Crippen LogP contribution in [0.3, 0.4) is 0 Å². The molecule has 22 nitrogen and oxygen atoms in total. The van der Waals surface area contributed by atoms with E-state index in [0.29, 0.717) is 18.4 Å². The molecule has 3 rings (SSSR count). The normalized spacial score (nSPS) is 29.7. The van der Waals surface area contributed by atoms with Gasteiger partial charge in [0.1, 0.15) is 73.2 Å². The summed E-state index contributed by atoms with van der Waals surface area (Å²) in [6.45, 7) is 22.6. The SMILES string of the molecule is C/C=C(/C)CC/C=C(/C)CC/C=C(/C)CC/C=C(/C)CC/C=C(/C)CC/C=C(/C)CC/C=C(/C)CC/C=C(/C)CC/C=C(\C)CC/C=C(\C)CC/C=C(\C)COP(=O)(O)OP(=O)(O)O[C@H]1O[C@H](CO)[C@H](O)[C@H](O[C@@H]2O[C@H](CO)[C@@H](O[C@@H]3O[C@H](CO)[C@@H](O)[C@H](O)[C@H]3O)[C@H](O)[C@H]2O)[C@H]1O. The first-order valence-corrected chi connectivity index (χ1v) is 37.6. The highest BCUT2D eigenvalue weighted by Crippen LogP contribution is 2.61. The maximum atomic E-state index is 13.1. The van der Waals surface area contributed by atoms with Crippen molar-refractivity contribution in [3.63, 3.8) is 0 Å². The Morgan fingerprint density at radius 1 is 0.340 bits per heavy atom. The van der Waals surface area contributed by atoms with Crippen LogP contribution < -0.4 is 0 Å². The highest BCUT2D eigenvalue weighted by molar-refractivity contribution is 7.61. The Morgan fingerprint density at radius 2 is 0.629 bits per heavy atom. The van der Waals surface area contributed by atoms with Crippen molar-refractivity contribution in [1.29, 1.82) is 0 Å². The molecule has 2 unspecified atom stereocenters. The van der Waals surface area contributed by atoms with Crippen LogP contribution in [0.2, 0.25) is 0 Å². The maximum Gasteiger partial charge on any atom is 0.483 e. The Morgan fingerprint density at radius 3 is 0.969 bits per heavy atom. The number of hydrogen-bond acceptors (Lipinski definition) is 20.